The first-order chi connectivity index (χ1) is 14.4. The summed E-state index contributed by atoms with van der Waals surface area (Å²) >= 11 is 0. The number of nitrogens with zero attached hydrogens (tertiary/aromatic N) is 1. The van der Waals surface area contributed by atoms with Crippen molar-refractivity contribution >= 4 is 18.1 Å². The molecule has 0 spiro atoms. The molecule has 0 unspecified atom stereocenters. The summed E-state index contributed by atoms with van der Waals surface area (Å²) in [5.74, 6) is -1.48. The molecule has 5 nitrogen and oxygen atoms in total. The predicted molar refractivity (Wildman–Crippen MR) is 129 cm³/mol. The fourth-order valence-electron chi connectivity index (χ4n) is 3.44. The quantitative estimate of drug-likeness (QED) is 0.374. The maximum atomic E-state index is 11.9. The Balaban J connectivity index is 2.65. The highest BCUT2D eigenvalue weighted by Gasteiger charge is 2.26. The van der Waals surface area contributed by atoms with Crippen LogP contribution in [0.25, 0.3) is 0 Å². The van der Waals surface area contributed by atoms with Crippen LogP contribution in [-0.4, -0.2) is 35.3 Å². The Hall–Kier alpha value is -2.69. The standard InChI is InChI=1S/C26H38N2O3/c1-18(13-14-23-20(3)12-9-16-26(23,6)7)10-8-11-19(2)15-17-27-21(4)24(29)28-22(5)25(30)31/h8,10-11,13-15,17,21-22H,9,12,16H2,1-7H3,(H,28,29)(H,30,31)/b11-8+,14-13+,18-10+,19-15+,27-17?/t21-,22-/m0/s1. The Bertz CT molecular complexity index is 839. The lowest BCUT2D eigenvalue weighted by atomic mass is 9.72. The Kier molecular flexibility index (Phi) is 10.4. The van der Waals surface area contributed by atoms with Crippen molar-refractivity contribution in [2.75, 3.05) is 0 Å². The zero-order valence-electron chi connectivity index (χ0n) is 20.0. The molecule has 2 atom stereocenters. The lowest BCUT2D eigenvalue weighted by molar-refractivity contribution is -0.141. The number of carbonyl (C=O) groups is 2. The molecule has 1 rings (SSSR count). The summed E-state index contributed by atoms with van der Waals surface area (Å²) < 4.78 is 0. The average molecular weight is 427 g/mol. The SMILES string of the molecule is CC1=C(/C=C/C(C)=C/C=C/C(C)=C/C=N[C@@H](C)C(=O)N[C@@H](C)C(=O)O)C(C)(C)CCC1. The highest BCUT2D eigenvalue weighted by atomic mass is 16.4. The summed E-state index contributed by atoms with van der Waals surface area (Å²) in [4.78, 5) is 26.8. The van der Waals surface area contributed by atoms with Crippen LogP contribution in [0.3, 0.4) is 0 Å². The monoisotopic (exact) mass is 426 g/mol. The number of carboxylic acid groups (broad SMARTS) is 1. The number of hydrogen-bond acceptors (Lipinski definition) is 3. The molecule has 1 aliphatic carbocycles. The second-order valence-electron chi connectivity index (χ2n) is 8.99. The molecule has 0 fully saturated rings. The highest BCUT2D eigenvalue weighted by Crippen LogP contribution is 2.40. The van der Waals surface area contributed by atoms with Crippen molar-refractivity contribution in [1.82, 2.24) is 5.32 Å². The number of amides is 1. The molecule has 0 radical (unpaired) electrons. The lowest BCUT2D eigenvalue weighted by Crippen LogP contribution is -2.42. The molecule has 1 amide bonds. The summed E-state index contributed by atoms with van der Waals surface area (Å²) in [5, 5.41) is 11.2. The first-order valence-electron chi connectivity index (χ1n) is 10.9. The van der Waals surface area contributed by atoms with Gasteiger partial charge in [0.05, 0.1) is 0 Å². The second-order valence-corrected chi connectivity index (χ2v) is 8.99. The Labute approximate surface area is 187 Å². The van der Waals surface area contributed by atoms with E-state index in [2.05, 4.69) is 56.2 Å². The molecule has 0 aliphatic heterocycles. The van der Waals surface area contributed by atoms with E-state index in [9.17, 15) is 9.59 Å². The third-order valence-electron chi connectivity index (χ3n) is 5.53. The molecular formula is C26H38N2O3. The second kappa shape index (κ2) is 12.2. The summed E-state index contributed by atoms with van der Waals surface area (Å²) in [6.07, 6.45) is 17.6. The van der Waals surface area contributed by atoms with Gasteiger partial charge in [-0.15, -0.1) is 0 Å². The van der Waals surface area contributed by atoms with Gasteiger partial charge >= 0.3 is 5.97 Å². The van der Waals surface area contributed by atoms with E-state index in [0.29, 0.717) is 0 Å². The largest absolute Gasteiger partial charge is 0.480 e. The van der Waals surface area contributed by atoms with Crippen molar-refractivity contribution in [1.29, 1.82) is 0 Å². The van der Waals surface area contributed by atoms with Gasteiger partial charge in [0.1, 0.15) is 12.1 Å². The van der Waals surface area contributed by atoms with Gasteiger partial charge in [-0.05, 0) is 76.5 Å². The van der Waals surface area contributed by atoms with E-state index in [1.165, 1.54) is 42.9 Å². The number of aliphatic carboxylic acids is 1. The topological polar surface area (TPSA) is 78.8 Å². The molecule has 0 aromatic heterocycles. The zero-order valence-corrected chi connectivity index (χ0v) is 20.0. The Morgan fingerprint density at radius 2 is 1.77 bits per heavy atom. The van der Waals surface area contributed by atoms with E-state index in [0.717, 1.165) is 5.57 Å². The van der Waals surface area contributed by atoms with Gasteiger partial charge in [0.15, 0.2) is 0 Å². The zero-order chi connectivity index (χ0) is 23.6. The van der Waals surface area contributed by atoms with Gasteiger partial charge in [-0.3, -0.25) is 14.6 Å². The fourth-order valence-corrected chi connectivity index (χ4v) is 3.44. The van der Waals surface area contributed by atoms with Gasteiger partial charge in [-0.25, -0.2) is 0 Å². The van der Waals surface area contributed by atoms with Gasteiger partial charge in [-0.2, -0.15) is 0 Å². The van der Waals surface area contributed by atoms with Crippen molar-refractivity contribution in [3.8, 4) is 0 Å². The minimum Gasteiger partial charge on any atom is -0.480 e. The molecule has 2 N–H and O–H groups in total. The van der Waals surface area contributed by atoms with Gasteiger partial charge in [-0.1, -0.05) is 55.4 Å². The maximum absolute atomic E-state index is 11.9. The van der Waals surface area contributed by atoms with E-state index in [1.54, 1.807) is 13.1 Å². The molecule has 0 aromatic carbocycles. The van der Waals surface area contributed by atoms with Gasteiger partial charge in [0, 0.05) is 6.21 Å². The summed E-state index contributed by atoms with van der Waals surface area (Å²) in [6, 6.07) is -1.58. The molecule has 0 saturated heterocycles. The smallest absolute Gasteiger partial charge is 0.325 e. The Morgan fingerprint density at radius 3 is 2.39 bits per heavy atom. The number of carboxylic acids is 1. The van der Waals surface area contributed by atoms with E-state index >= 15 is 0 Å². The van der Waals surface area contributed by atoms with Crippen LogP contribution in [0.4, 0.5) is 0 Å². The van der Waals surface area contributed by atoms with Crippen LogP contribution >= 0.6 is 0 Å². The third kappa shape index (κ3) is 9.33. The molecule has 1 aliphatic rings. The summed E-state index contributed by atoms with van der Waals surface area (Å²) in [5.41, 5.74) is 5.37. The van der Waals surface area contributed by atoms with Crippen LogP contribution in [-0.2, 0) is 9.59 Å². The summed E-state index contributed by atoms with van der Waals surface area (Å²) in [7, 11) is 0. The van der Waals surface area contributed by atoms with Crippen LogP contribution in [0.5, 0.6) is 0 Å². The van der Waals surface area contributed by atoms with E-state index in [4.69, 9.17) is 5.11 Å². The first kappa shape index (κ1) is 26.3. The number of aliphatic imine (C=N–C) groups is 1. The van der Waals surface area contributed by atoms with Crippen LogP contribution in [0.2, 0.25) is 0 Å². The Morgan fingerprint density at radius 1 is 1.13 bits per heavy atom. The van der Waals surface area contributed by atoms with Crippen molar-refractivity contribution in [2.45, 2.75) is 79.8 Å². The number of allylic oxidation sites excluding steroid dienone is 10. The molecule has 0 heterocycles. The number of nitrogens with one attached hydrogen (secondary N) is 1. The molecule has 31 heavy (non-hydrogen) atoms. The molecule has 0 aromatic rings. The number of carbonyl (C=O) groups excluding carboxylic acids is 1. The third-order valence-corrected chi connectivity index (χ3v) is 5.53. The molecule has 0 bridgehead atoms. The fraction of sp³-hybridized carbons (Fsp3) is 0.500. The predicted octanol–water partition coefficient (Wildman–Crippen LogP) is 5.57. The van der Waals surface area contributed by atoms with E-state index in [1.807, 2.05) is 25.2 Å². The van der Waals surface area contributed by atoms with Crippen LogP contribution < -0.4 is 5.32 Å². The van der Waals surface area contributed by atoms with Gasteiger partial charge in [0.25, 0.3) is 0 Å². The van der Waals surface area contributed by atoms with Crippen LogP contribution in [0.15, 0.2) is 63.7 Å². The van der Waals surface area contributed by atoms with Crippen LogP contribution in [0.1, 0.15) is 67.7 Å². The minimum absolute atomic E-state index is 0.243. The molecule has 5 heteroatoms. The maximum Gasteiger partial charge on any atom is 0.325 e. The van der Waals surface area contributed by atoms with E-state index in [-0.39, 0.29) is 5.41 Å². The lowest BCUT2D eigenvalue weighted by Gasteiger charge is -2.32. The normalized spacial score (nSPS) is 20.0. The van der Waals surface area contributed by atoms with Crippen molar-refractivity contribution < 1.29 is 14.7 Å². The van der Waals surface area contributed by atoms with Crippen molar-refractivity contribution in [2.24, 2.45) is 10.4 Å². The number of hydrogen-bond donors (Lipinski definition) is 2. The number of rotatable bonds is 9. The van der Waals surface area contributed by atoms with Crippen molar-refractivity contribution in [3.05, 3.63) is 58.7 Å². The summed E-state index contributed by atoms with van der Waals surface area (Å²) in [6.45, 7) is 14.0. The van der Waals surface area contributed by atoms with E-state index < -0.39 is 24.0 Å². The van der Waals surface area contributed by atoms with Crippen molar-refractivity contribution in [3.63, 3.8) is 0 Å². The van der Waals surface area contributed by atoms with Gasteiger partial charge in [0.2, 0.25) is 5.91 Å². The van der Waals surface area contributed by atoms with Gasteiger partial charge < -0.3 is 10.4 Å². The molecule has 170 valence electrons. The van der Waals surface area contributed by atoms with Crippen LogP contribution in [0, 0.1) is 5.41 Å². The first-order valence-corrected chi connectivity index (χ1v) is 10.9. The highest BCUT2D eigenvalue weighted by molar-refractivity contribution is 5.88. The molecular weight excluding hydrogens is 388 g/mol. The minimum atomic E-state index is -1.07. The average Bonchev–Trinajstić information content (AvgIpc) is 2.66. The molecule has 0 saturated carbocycles.